The van der Waals surface area contributed by atoms with Crippen molar-refractivity contribution in [2.24, 2.45) is 0 Å². The predicted octanol–water partition coefficient (Wildman–Crippen LogP) is 0.990. The van der Waals surface area contributed by atoms with Crippen molar-refractivity contribution in [2.75, 3.05) is 7.11 Å². The molecule has 0 amide bonds. The Hall–Kier alpha value is -0.415. The SMILES string of the molecule is COc1c(Cl)cc(B(O)O)c(C)c1Cl. The second-order valence-corrected chi connectivity index (χ2v) is 3.58. The highest BCUT2D eigenvalue weighted by molar-refractivity contribution is 6.60. The van der Waals surface area contributed by atoms with Crippen LogP contribution in [0.15, 0.2) is 6.07 Å². The first-order chi connectivity index (χ1) is 6.49. The van der Waals surface area contributed by atoms with Gasteiger partial charge in [-0.25, -0.2) is 0 Å². The summed E-state index contributed by atoms with van der Waals surface area (Å²) >= 11 is 11.7. The molecular formula is C8H9BCl2O3. The highest BCUT2D eigenvalue weighted by Gasteiger charge is 2.20. The van der Waals surface area contributed by atoms with Gasteiger partial charge in [-0.05, 0) is 24.0 Å². The predicted molar refractivity (Wildman–Crippen MR) is 57.6 cm³/mol. The van der Waals surface area contributed by atoms with Gasteiger partial charge in [-0.2, -0.15) is 0 Å². The maximum Gasteiger partial charge on any atom is 0.488 e. The van der Waals surface area contributed by atoms with E-state index in [-0.39, 0.29) is 10.5 Å². The number of halogens is 2. The summed E-state index contributed by atoms with van der Waals surface area (Å²) in [7, 11) is -0.141. The van der Waals surface area contributed by atoms with Gasteiger partial charge < -0.3 is 14.8 Å². The number of hydrogen-bond acceptors (Lipinski definition) is 3. The number of rotatable bonds is 2. The summed E-state index contributed by atoms with van der Waals surface area (Å²) in [5.41, 5.74) is 0.823. The Bertz CT molecular complexity index is 355. The van der Waals surface area contributed by atoms with Crippen LogP contribution >= 0.6 is 23.2 Å². The number of hydrogen-bond donors (Lipinski definition) is 2. The van der Waals surface area contributed by atoms with Gasteiger partial charge in [0.25, 0.3) is 0 Å². The van der Waals surface area contributed by atoms with Crippen molar-refractivity contribution in [3.8, 4) is 5.75 Å². The zero-order valence-electron chi connectivity index (χ0n) is 7.71. The van der Waals surface area contributed by atoms with Crippen molar-refractivity contribution in [3.63, 3.8) is 0 Å². The molecule has 6 heteroatoms. The first-order valence-electron chi connectivity index (χ1n) is 3.87. The van der Waals surface area contributed by atoms with Crippen LogP contribution < -0.4 is 10.2 Å². The summed E-state index contributed by atoms with van der Waals surface area (Å²) in [4.78, 5) is 0. The molecule has 0 heterocycles. The van der Waals surface area contributed by atoms with Gasteiger partial charge in [0.05, 0.1) is 17.2 Å². The third kappa shape index (κ3) is 1.98. The van der Waals surface area contributed by atoms with Crippen LogP contribution in [0, 0.1) is 6.92 Å². The fourth-order valence-electron chi connectivity index (χ4n) is 1.17. The standard InChI is InChI=1S/C8H9BCl2O3/c1-4-5(9(12)13)3-6(10)8(14-2)7(4)11/h3,12-13H,1-2H3. The van der Waals surface area contributed by atoms with Gasteiger partial charge in [-0.15, -0.1) is 0 Å². The second-order valence-electron chi connectivity index (χ2n) is 2.79. The van der Waals surface area contributed by atoms with E-state index in [1.54, 1.807) is 6.92 Å². The Morgan fingerprint density at radius 2 is 1.93 bits per heavy atom. The molecule has 2 N–H and O–H groups in total. The molecule has 0 atom stereocenters. The quantitative estimate of drug-likeness (QED) is 0.751. The first kappa shape index (κ1) is 11.7. The van der Waals surface area contributed by atoms with Crippen LogP contribution in [0.25, 0.3) is 0 Å². The average molecular weight is 235 g/mol. The normalized spacial score (nSPS) is 10.1. The van der Waals surface area contributed by atoms with Crippen LogP contribution in [0.5, 0.6) is 5.75 Å². The van der Waals surface area contributed by atoms with Gasteiger partial charge in [0.2, 0.25) is 0 Å². The summed E-state index contributed by atoms with van der Waals surface area (Å²) in [5.74, 6) is 0.343. The molecule has 0 bridgehead atoms. The van der Waals surface area contributed by atoms with Gasteiger partial charge in [-0.1, -0.05) is 23.2 Å². The van der Waals surface area contributed by atoms with Gasteiger partial charge in [0.1, 0.15) is 0 Å². The van der Waals surface area contributed by atoms with E-state index in [1.165, 1.54) is 13.2 Å². The van der Waals surface area contributed by atoms with E-state index in [0.29, 0.717) is 16.3 Å². The molecule has 0 aliphatic heterocycles. The van der Waals surface area contributed by atoms with Crippen molar-refractivity contribution in [1.82, 2.24) is 0 Å². The Balaban J connectivity index is 3.40. The van der Waals surface area contributed by atoms with Gasteiger partial charge in [-0.3, -0.25) is 0 Å². The second kappa shape index (κ2) is 4.40. The zero-order valence-corrected chi connectivity index (χ0v) is 9.23. The number of methoxy groups -OCH3 is 1. The fourth-order valence-corrected chi connectivity index (χ4v) is 1.79. The summed E-state index contributed by atoms with van der Waals surface area (Å²) < 4.78 is 4.96. The van der Waals surface area contributed by atoms with Crippen LogP contribution in [0.2, 0.25) is 10.0 Å². The highest BCUT2D eigenvalue weighted by atomic mass is 35.5. The third-order valence-electron chi connectivity index (χ3n) is 1.94. The summed E-state index contributed by atoms with van der Waals surface area (Å²) in [5, 5.41) is 18.6. The van der Waals surface area contributed by atoms with Crippen molar-refractivity contribution in [2.45, 2.75) is 6.92 Å². The summed E-state index contributed by atoms with van der Waals surface area (Å²) in [6.07, 6.45) is 0. The molecule has 1 aromatic rings. The van der Waals surface area contributed by atoms with Gasteiger partial charge in [0, 0.05) is 0 Å². The molecule has 14 heavy (non-hydrogen) atoms. The summed E-state index contributed by atoms with van der Waals surface area (Å²) in [6, 6.07) is 1.42. The fraction of sp³-hybridized carbons (Fsp3) is 0.250. The molecule has 0 saturated carbocycles. The maximum absolute atomic E-state index is 9.01. The zero-order chi connectivity index (χ0) is 10.9. The van der Waals surface area contributed by atoms with Crippen molar-refractivity contribution in [1.29, 1.82) is 0 Å². The molecule has 0 radical (unpaired) electrons. The van der Waals surface area contributed by atoms with Crippen LogP contribution in [-0.2, 0) is 0 Å². The minimum absolute atomic E-state index is 0.256. The smallest absolute Gasteiger partial charge is 0.488 e. The first-order valence-corrected chi connectivity index (χ1v) is 4.63. The van der Waals surface area contributed by atoms with Crippen LogP contribution in [0.4, 0.5) is 0 Å². The molecule has 1 rings (SSSR count). The van der Waals surface area contributed by atoms with Crippen LogP contribution in [-0.4, -0.2) is 24.3 Å². The minimum Gasteiger partial charge on any atom is -0.494 e. The minimum atomic E-state index is -1.59. The highest BCUT2D eigenvalue weighted by Crippen LogP contribution is 2.33. The summed E-state index contributed by atoms with van der Waals surface area (Å²) in [6.45, 7) is 1.66. The molecular weight excluding hydrogens is 226 g/mol. The molecule has 0 fully saturated rings. The molecule has 3 nitrogen and oxygen atoms in total. The van der Waals surface area contributed by atoms with E-state index in [1.807, 2.05) is 0 Å². The largest absolute Gasteiger partial charge is 0.494 e. The van der Waals surface area contributed by atoms with E-state index >= 15 is 0 Å². The number of ether oxygens (including phenoxy) is 1. The monoisotopic (exact) mass is 234 g/mol. The maximum atomic E-state index is 9.01. The molecule has 0 spiro atoms. The molecule has 76 valence electrons. The Morgan fingerprint density at radius 3 is 2.36 bits per heavy atom. The van der Waals surface area contributed by atoms with E-state index in [0.717, 1.165) is 0 Å². The lowest BCUT2D eigenvalue weighted by Gasteiger charge is -2.12. The number of benzene rings is 1. The Labute approximate surface area is 92.4 Å². The molecule has 0 aromatic heterocycles. The van der Waals surface area contributed by atoms with Crippen LogP contribution in [0.3, 0.4) is 0 Å². The van der Waals surface area contributed by atoms with Gasteiger partial charge >= 0.3 is 7.12 Å². The van der Waals surface area contributed by atoms with Crippen molar-refractivity contribution < 1.29 is 14.8 Å². The van der Waals surface area contributed by atoms with E-state index in [2.05, 4.69) is 0 Å². The van der Waals surface area contributed by atoms with E-state index in [9.17, 15) is 0 Å². The van der Waals surface area contributed by atoms with E-state index < -0.39 is 7.12 Å². The third-order valence-corrected chi connectivity index (χ3v) is 2.68. The van der Waals surface area contributed by atoms with Crippen molar-refractivity contribution in [3.05, 3.63) is 21.7 Å². The van der Waals surface area contributed by atoms with E-state index in [4.69, 9.17) is 38.0 Å². The Morgan fingerprint density at radius 1 is 1.36 bits per heavy atom. The van der Waals surface area contributed by atoms with Crippen LogP contribution in [0.1, 0.15) is 5.56 Å². The molecule has 0 aliphatic carbocycles. The topological polar surface area (TPSA) is 49.7 Å². The van der Waals surface area contributed by atoms with Gasteiger partial charge in [0.15, 0.2) is 5.75 Å². The lowest BCUT2D eigenvalue weighted by Crippen LogP contribution is -2.32. The molecule has 0 unspecified atom stereocenters. The lowest BCUT2D eigenvalue weighted by atomic mass is 9.77. The van der Waals surface area contributed by atoms with Crippen molar-refractivity contribution >= 4 is 35.8 Å². The molecule has 0 aliphatic rings. The molecule has 0 saturated heterocycles. The lowest BCUT2D eigenvalue weighted by molar-refractivity contribution is 0.414. The average Bonchev–Trinajstić information content (AvgIpc) is 2.12. The Kier molecular flexibility index (Phi) is 3.67. The molecule has 1 aromatic carbocycles.